The first-order chi connectivity index (χ1) is 6.61. The number of rotatable bonds is 4. The highest BCUT2D eigenvalue weighted by molar-refractivity contribution is 4.87. The molecular weight excluding hydrogens is 168 g/mol. The van der Waals surface area contributed by atoms with Gasteiger partial charge in [-0.2, -0.15) is 0 Å². The molecule has 0 radical (unpaired) electrons. The van der Waals surface area contributed by atoms with Crippen LogP contribution < -0.4 is 0 Å². The van der Waals surface area contributed by atoms with Crippen molar-refractivity contribution >= 4 is 0 Å². The molecule has 0 nitrogen and oxygen atoms in total. The Morgan fingerprint density at radius 1 is 1.07 bits per heavy atom. The van der Waals surface area contributed by atoms with Gasteiger partial charge in [-0.15, -0.1) is 0 Å². The van der Waals surface area contributed by atoms with Crippen LogP contribution in [-0.2, 0) is 0 Å². The molecule has 0 aromatic rings. The van der Waals surface area contributed by atoms with Gasteiger partial charge in [-0.3, -0.25) is 0 Å². The summed E-state index contributed by atoms with van der Waals surface area (Å²) in [5, 5.41) is 0. The lowest BCUT2D eigenvalue weighted by Gasteiger charge is -2.26. The Morgan fingerprint density at radius 2 is 1.71 bits per heavy atom. The predicted molar refractivity (Wildman–Crippen MR) is 64.3 cm³/mol. The lowest BCUT2D eigenvalue weighted by Crippen LogP contribution is -2.18. The summed E-state index contributed by atoms with van der Waals surface area (Å²) in [4.78, 5) is 0. The largest absolute Gasteiger partial charge is 0.0654 e. The zero-order valence-corrected chi connectivity index (χ0v) is 10.7. The third-order valence-electron chi connectivity index (χ3n) is 4.84. The molecule has 1 aliphatic carbocycles. The van der Waals surface area contributed by atoms with Crippen LogP contribution in [0.3, 0.4) is 0 Å². The van der Waals surface area contributed by atoms with Gasteiger partial charge in [-0.25, -0.2) is 0 Å². The minimum Gasteiger partial charge on any atom is -0.0654 e. The third-order valence-corrected chi connectivity index (χ3v) is 4.84. The van der Waals surface area contributed by atoms with E-state index in [0.29, 0.717) is 0 Å². The minimum atomic E-state index is 0.950. The average molecular weight is 196 g/mol. The van der Waals surface area contributed by atoms with E-state index in [1.807, 2.05) is 0 Å². The normalized spacial score (nSPS) is 40.1. The number of hydrogen-bond donors (Lipinski definition) is 0. The summed E-state index contributed by atoms with van der Waals surface area (Å²) in [7, 11) is 0. The van der Waals surface area contributed by atoms with E-state index in [-0.39, 0.29) is 0 Å². The summed E-state index contributed by atoms with van der Waals surface area (Å²) < 4.78 is 0. The van der Waals surface area contributed by atoms with E-state index in [9.17, 15) is 0 Å². The SMILES string of the molecule is CCCC(CC)C1CC(C)C(C)C1C. The fourth-order valence-corrected chi connectivity index (χ4v) is 3.48. The van der Waals surface area contributed by atoms with Crippen molar-refractivity contribution in [1.82, 2.24) is 0 Å². The van der Waals surface area contributed by atoms with E-state index in [1.165, 1.54) is 25.7 Å². The molecule has 0 aliphatic heterocycles. The standard InChI is InChI=1S/C14H28/c1-6-8-13(7-2)14-9-10(3)11(4)12(14)5/h10-14H,6-9H2,1-5H3. The van der Waals surface area contributed by atoms with E-state index < -0.39 is 0 Å². The van der Waals surface area contributed by atoms with Gasteiger partial charge in [0.25, 0.3) is 0 Å². The predicted octanol–water partition coefficient (Wildman–Crippen LogP) is 4.74. The van der Waals surface area contributed by atoms with Crippen molar-refractivity contribution in [3.63, 3.8) is 0 Å². The lowest BCUT2D eigenvalue weighted by atomic mass is 9.79. The molecule has 0 heterocycles. The molecule has 0 heteroatoms. The van der Waals surface area contributed by atoms with Gasteiger partial charge in [0.2, 0.25) is 0 Å². The molecule has 14 heavy (non-hydrogen) atoms. The topological polar surface area (TPSA) is 0 Å². The molecule has 0 amide bonds. The monoisotopic (exact) mass is 196 g/mol. The Bertz CT molecular complexity index is 161. The average Bonchev–Trinajstić information content (AvgIpc) is 2.42. The molecular formula is C14H28. The molecule has 0 bridgehead atoms. The maximum absolute atomic E-state index is 2.48. The van der Waals surface area contributed by atoms with Crippen molar-refractivity contribution < 1.29 is 0 Å². The first kappa shape index (κ1) is 12.1. The van der Waals surface area contributed by atoms with Gasteiger partial charge >= 0.3 is 0 Å². The Morgan fingerprint density at radius 3 is 2.07 bits per heavy atom. The van der Waals surface area contributed by atoms with Crippen molar-refractivity contribution in [1.29, 1.82) is 0 Å². The molecule has 5 atom stereocenters. The fourth-order valence-electron chi connectivity index (χ4n) is 3.48. The molecule has 1 rings (SSSR count). The van der Waals surface area contributed by atoms with Crippen LogP contribution in [-0.4, -0.2) is 0 Å². The van der Waals surface area contributed by atoms with Gasteiger partial charge in [0.15, 0.2) is 0 Å². The van der Waals surface area contributed by atoms with Crippen LogP contribution in [0.1, 0.15) is 60.3 Å². The molecule has 1 saturated carbocycles. The van der Waals surface area contributed by atoms with Crippen molar-refractivity contribution in [3.8, 4) is 0 Å². The Balaban J connectivity index is 2.58. The molecule has 0 N–H and O–H groups in total. The molecule has 0 spiro atoms. The molecule has 1 fully saturated rings. The van der Waals surface area contributed by atoms with Gasteiger partial charge in [0, 0.05) is 0 Å². The molecule has 1 aliphatic rings. The number of hydrogen-bond acceptors (Lipinski definition) is 0. The first-order valence-corrected chi connectivity index (χ1v) is 6.61. The molecule has 5 unspecified atom stereocenters. The Kier molecular flexibility index (Phi) is 4.47. The van der Waals surface area contributed by atoms with Crippen molar-refractivity contribution in [2.45, 2.75) is 60.3 Å². The second-order valence-corrected chi connectivity index (χ2v) is 5.55. The summed E-state index contributed by atoms with van der Waals surface area (Å²) in [5.41, 5.74) is 0. The van der Waals surface area contributed by atoms with E-state index >= 15 is 0 Å². The smallest absolute Gasteiger partial charge is 0.0355 e. The summed E-state index contributed by atoms with van der Waals surface area (Å²) in [6, 6.07) is 0. The molecule has 84 valence electrons. The highest BCUT2D eigenvalue weighted by atomic mass is 14.4. The highest BCUT2D eigenvalue weighted by Gasteiger charge is 2.38. The maximum atomic E-state index is 2.48. The van der Waals surface area contributed by atoms with Crippen LogP contribution in [0.4, 0.5) is 0 Å². The molecule has 0 aromatic heterocycles. The summed E-state index contributed by atoms with van der Waals surface area (Å²) in [5.74, 6) is 4.89. The summed E-state index contributed by atoms with van der Waals surface area (Å²) in [6.45, 7) is 12.1. The van der Waals surface area contributed by atoms with Crippen LogP contribution in [0.25, 0.3) is 0 Å². The summed E-state index contributed by atoms with van der Waals surface area (Å²) >= 11 is 0. The van der Waals surface area contributed by atoms with Crippen LogP contribution >= 0.6 is 0 Å². The van der Waals surface area contributed by atoms with Crippen molar-refractivity contribution in [2.75, 3.05) is 0 Å². The Hall–Kier alpha value is 0. The fraction of sp³-hybridized carbons (Fsp3) is 1.00. The van der Waals surface area contributed by atoms with E-state index in [4.69, 9.17) is 0 Å². The minimum absolute atomic E-state index is 0.950. The van der Waals surface area contributed by atoms with Crippen LogP contribution in [0, 0.1) is 29.6 Å². The van der Waals surface area contributed by atoms with E-state index in [1.54, 1.807) is 0 Å². The van der Waals surface area contributed by atoms with E-state index in [2.05, 4.69) is 34.6 Å². The van der Waals surface area contributed by atoms with Crippen molar-refractivity contribution in [2.24, 2.45) is 29.6 Å². The van der Waals surface area contributed by atoms with Crippen LogP contribution in [0.2, 0.25) is 0 Å². The van der Waals surface area contributed by atoms with Crippen molar-refractivity contribution in [3.05, 3.63) is 0 Å². The third kappa shape index (κ3) is 2.32. The zero-order valence-electron chi connectivity index (χ0n) is 10.7. The second-order valence-electron chi connectivity index (χ2n) is 5.55. The van der Waals surface area contributed by atoms with Crippen LogP contribution in [0.5, 0.6) is 0 Å². The second kappa shape index (κ2) is 5.19. The molecule has 0 saturated heterocycles. The van der Waals surface area contributed by atoms with Gasteiger partial charge in [0.05, 0.1) is 0 Å². The Labute approximate surface area is 90.5 Å². The van der Waals surface area contributed by atoms with Gasteiger partial charge in [-0.05, 0) is 36.0 Å². The van der Waals surface area contributed by atoms with Crippen LogP contribution in [0.15, 0.2) is 0 Å². The van der Waals surface area contributed by atoms with Gasteiger partial charge in [0.1, 0.15) is 0 Å². The first-order valence-electron chi connectivity index (χ1n) is 6.61. The molecule has 0 aromatic carbocycles. The summed E-state index contributed by atoms with van der Waals surface area (Å²) in [6.07, 6.45) is 5.69. The highest BCUT2D eigenvalue weighted by Crippen LogP contribution is 2.46. The zero-order chi connectivity index (χ0) is 10.7. The van der Waals surface area contributed by atoms with Gasteiger partial charge < -0.3 is 0 Å². The maximum Gasteiger partial charge on any atom is -0.0355 e. The van der Waals surface area contributed by atoms with Gasteiger partial charge in [-0.1, -0.05) is 53.9 Å². The van der Waals surface area contributed by atoms with E-state index in [0.717, 1.165) is 29.6 Å². The lowest BCUT2D eigenvalue weighted by molar-refractivity contribution is 0.231. The quantitative estimate of drug-likeness (QED) is 0.609.